The van der Waals surface area contributed by atoms with Gasteiger partial charge in [0.25, 0.3) is 0 Å². The Morgan fingerprint density at radius 3 is 2.62 bits per heavy atom. The normalized spacial score (nSPS) is 14.9. The molecular formula is C28H29NO5. The molecule has 1 amide bonds. The molecule has 1 aliphatic heterocycles. The number of ether oxygens (including phenoxy) is 2. The molecule has 0 saturated heterocycles. The number of aryl methyl sites for hydroxylation is 2. The molecule has 0 fully saturated rings. The first kappa shape index (κ1) is 23.4. The number of nitrogens with zero attached hydrogens (tertiary/aromatic N) is 1. The lowest BCUT2D eigenvalue weighted by atomic mass is 9.86. The molecule has 3 aromatic rings. The molecule has 0 aliphatic carbocycles. The summed E-state index contributed by atoms with van der Waals surface area (Å²) in [5, 5.41) is 9.21. The Hall–Kier alpha value is -3.80. The molecule has 0 saturated carbocycles. The van der Waals surface area contributed by atoms with Gasteiger partial charge in [0.2, 0.25) is 6.41 Å². The largest absolute Gasteiger partial charge is 0.493 e. The highest BCUT2D eigenvalue weighted by Crippen LogP contribution is 2.41. The molecule has 1 N–H and O–H groups in total. The van der Waals surface area contributed by atoms with Crippen molar-refractivity contribution in [1.29, 1.82) is 0 Å². The number of hydrogen-bond donors (Lipinski definition) is 1. The van der Waals surface area contributed by atoms with E-state index in [0.29, 0.717) is 31.1 Å². The number of carboxylic acids is 1. The molecule has 6 heteroatoms. The maximum absolute atomic E-state index is 12.0. The highest BCUT2D eigenvalue weighted by molar-refractivity contribution is 5.87. The zero-order valence-electron chi connectivity index (χ0n) is 19.7. The number of aromatic carboxylic acids is 1. The minimum absolute atomic E-state index is 0.192. The third-order valence-corrected chi connectivity index (χ3v) is 6.37. The Morgan fingerprint density at radius 1 is 1.09 bits per heavy atom. The van der Waals surface area contributed by atoms with Crippen LogP contribution in [0.2, 0.25) is 0 Å². The summed E-state index contributed by atoms with van der Waals surface area (Å²) in [6.45, 7) is 5.14. The van der Waals surface area contributed by atoms with Crippen molar-refractivity contribution >= 4 is 12.4 Å². The van der Waals surface area contributed by atoms with Crippen LogP contribution in [0.3, 0.4) is 0 Å². The Balaban J connectivity index is 1.64. The quantitative estimate of drug-likeness (QED) is 0.493. The van der Waals surface area contributed by atoms with E-state index in [1.54, 1.807) is 25.3 Å². The van der Waals surface area contributed by atoms with Crippen molar-refractivity contribution in [3.63, 3.8) is 0 Å². The van der Waals surface area contributed by atoms with Gasteiger partial charge in [0.05, 0.1) is 25.3 Å². The fraction of sp³-hybridized carbons (Fsp3) is 0.286. The van der Waals surface area contributed by atoms with Crippen LogP contribution in [0.1, 0.15) is 49.8 Å². The molecule has 34 heavy (non-hydrogen) atoms. The van der Waals surface area contributed by atoms with E-state index in [2.05, 4.69) is 32.0 Å². The lowest BCUT2D eigenvalue weighted by molar-refractivity contribution is -0.119. The summed E-state index contributed by atoms with van der Waals surface area (Å²) in [7, 11) is 1.62. The molecule has 1 aliphatic rings. The fourth-order valence-electron chi connectivity index (χ4n) is 4.65. The number of methoxy groups -OCH3 is 1. The van der Waals surface area contributed by atoms with E-state index in [4.69, 9.17) is 9.47 Å². The zero-order chi connectivity index (χ0) is 24.2. The highest BCUT2D eigenvalue weighted by atomic mass is 16.5. The zero-order valence-corrected chi connectivity index (χ0v) is 19.7. The number of benzene rings is 3. The summed E-state index contributed by atoms with van der Waals surface area (Å²) in [5.74, 6) is 0.311. The Morgan fingerprint density at radius 2 is 1.91 bits per heavy atom. The molecule has 1 unspecified atom stereocenters. The molecule has 176 valence electrons. The number of carboxylic acid groups (broad SMARTS) is 1. The summed E-state index contributed by atoms with van der Waals surface area (Å²) >= 11 is 0. The van der Waals surface area contributed by atoms with Gasteiger partial charge in [0.1, 0.15) is 0 Å². The minimum atomic E-state index is -0.948. The van der Waals surface area contributed by atoms with Crippen molar-refractivity contribution in [1.82, 2.24) is 4.90 Å². The van der Waals surface area contributed by atoms with Gasteiger partial charge in [-0.05, 0) is 72.4 Å². The number of carbonyl (C=O) groups excluding carboxylic acids is 1. The van der Waals surface area contributed by atoms with Crippen molar-refractivity contribution < 1.29 is 24.2 Å². The van der Waals surface area contributed by atoms with Crippen LogP contribution in [0.5, 0.6) is 11.5 Å². The lowest BCUT2D eigenvalue weighted by Gasteiger charge is -2.36. The summed E-state index contributed by atoms with van der Waals surface area (Å²) in [4.78, 5) is 25.0. The average Bonchev–Trinajstić information content (AvgIpc) is 2.83. The van der Waals surface area contributed by atoms with Crippen LogP contribution < -0.4 is 9.47 Å². The van der Waals surface area contributed by atoms with Crippen molar-refractivity contribution in [3.05, 3.63) is 93.5 Å². The van der Waals surface area contributed by atoms with Crippen molar-refractivity contribution in [2.45, 2.75) is 32.7 Å². The molecule has 1 atom stereocenters. The van der Waals surface area contributed by atoms with Gasteiger partial charge in [-0.3, -0.25) is 4.79 Å². The van der Waals surface area contributed by atoms with Gasteiger partial charge in [0, 0.05) is 13.0 Å². The molecule has 1 heterocycles. The van der Waals surface area contributed by atoms with Crippen LogP contribution in [-0.2, 0) is 17.6 Å². The van der Waals surface area contributed by atoms with Gasteiger partial charge in [-0.15, -0.1) is 0 Å². The van der Waals surface area contributed by atoms with Gasteiger partial charge >= 0.3 is 5.97 Å². The second kappa shape index (κ2) is 10.00. The van der Waals surface area contributed by atoms with Crippen LogP contribution in [-0.4, -0.2) is 42.6 Å². The first-order valence-electron chi connectivity index (χ1n) is 11.3. The molecule has 3 aromatic carbocycles. The molecule has 0 bridgehead atoms. The highest BCUT2D eigenvalue weighted by Gasteiger charge is 2.30. The van der Waals surface area contributed by atoms with E-state index in [1.165, 1.54) is 5.56 Å². The first-order valence-corrected chi connectivity index (χ1v) is 11.3. The number of rotatable bonds is 8. The monoisotopic (exact) mass is 459 g/mol. The lowest BCUT2D eigenvalue weighted by Crippen LogP contribution is -2.35. The van der Waals surface area contributed by atoms with Crippen LogP contribution in [0.4, 0.5) is 0 Å². The van der Waals surface area contributed by atoms with Gasteiger partial charge in [-0.1, -0.05) is 35.9 Å². The van der Waals surface area contributed by atoms with E-state index in [-0.39, 0.29) is 11.6 Å². The summed E-state index contributed by atoms with van der Waals surface area (Å²) in [6.07, 6.45) is 2.23. The van der Waals surface area contributed by atoms with Crippen molar-refractivity contribution in [2.24, 2.45) is 0 Å². The van der Waals surface area contributed by atoms with E-state index in [1.807, 2.05) is 23.1 Å². The van der Waals surface area contributed by atoms with Crippen molar-refractivity contribution in [3.8, 4) is 11.5 Å². The molecular weight excluding hydrogens is 430 g/mol. The summed E-state index contributed by atoms with van der Waals surface area (Å²) in [6, 6.07) is 17.0. The third-order valence-electron chi connectivity index (χ3n) is 6.37. The molecule has 0 aromatic heterocycles. The number of amides is 1. The molecule has 4 rings (SSSR count). The maximum atomic E-state index is 12.0. The Labute approximate surface area is 199 Å². The Kier molecular flexibility index (Phi) is 6.87. The van der Waals surface area contributed by atoms with E-state index < -0.39 is 5.97 Å². The smallest absolute Gasteiger partial charge is 0.335 e. The standard InChI is InChI=1S/C28H29NO5/c1-18-7-8-23(19(2)13-18)27-24-16-26(25(33-3)15-21(24)9-11-29(27)17-30)34-12-10-20-5-4-6-22(14-20)28(31)32/h4-8,13-17,27H,9-12H2,1-3H3,(H,31,32). The molecule has 6 nitrogen and oxygen atoms in total. The topological polar surface area (TPSA) is 76.1 Å². The minimum Gasteiger partial charge on any atom is -0.493 e. The van der Waals surface area contributed by atoms with Crippen LogP contribution in [0.25, 0.3) is 0 Å². The van der Waals surface area contributed by atoms with Gasteiger partial charge < -0.3 is 19.5 Å². The fourth-order valence-corrected chi connectivity index (χ4v) is 4.65. The van der Waals surface area contributed by atoms with E-state index >= 15 is 0 Å². The third kappa shape index (κ3) is 4.76. The maximum Gasteiger partial charge on any atom is 0.335 e. The number of fused-ring (bicyclic) bond motifs is 1. The SMILES string of the molecule is COc1cc2c(cc1OCCc1cccc(C(=O)O)c1)C(c1ccc(C)cc1C)N(C=O)CC2. The second-order valence-electron chi connectivity index (χ2n) is 8.66. The predicted octanol–water partition coefficient (Wildman–Crippen LogP) is 4.74. The van der Waals surface area contributed by atoms with Gasteiger partial charge in [-0.2, -0.15) is 0 Å². The van der Waals surface area contributed by atoms with E-state index in [9.17, 15) is 14.7 Å². The number of carbonyl (C=O) groups is 2. The van der Waals surface area contributed by atoms with Gasteiger partial charge in [0.15, 0.2) is 11.5 Å². The van der Waals surface area contributed by atoms with E-state index in [0.717, 1.165) is 40.6 Å². The molecule has 0 spiro atoms. The van der Waals surface area contributed by atoms with Crippen molar-refractivity contribution in [2.75, 3.05) is 20.3 Å². The first-order chi connectivity index (χ1) is 16.4. The summed E-state index contributed by atoms with van der Waals surface area (Å²) < 4.78 is 11.7. The van der Waals surface area contributed by atoms with Crippen LogP contribution in [0.15, 0.2) is 54.6 Å². The van der Waals surface area contributed by atoms with Crippen LogP contribution in [0, 0.1) is 13.8 Å². The molecule has 0 radical (unpaired) electrons. The van der Waals surface area contributed by atoms with Gasteiger partial charge in [-0.25, -0.2) is 4.79 Å². The second-order valence-corrected chi connectivity index (χ2v) is 8.66. The number of hydrogen-bond acceptors (Lipinski definition) is 4. The summed E-state index contributed by atoms with van der Waals surface area (Å²) in [5.41, 5.74) is 6.74. The Bertz CT molecular complexity index is 1220. The average molecular weight is 460 g/mol. The van der Waals surface area contributed by atoms with Crippen LogP contribution >= 0.6 is 0 Å². The predicted molar refractivity (Wildman–Crippen MR) is 130 cm³/mol.